The summed E-state index contributed by atoms with van der Waals surface area (Å²) in [5.41, 5.74) is 0.966. The van der Waals surface area contributed by atoms with Crippen LogP contribution in [0.1, 0.15) is 23.3 Å². The third kappa shape index (κ3) is 3.81. The van der Waals surface area contributed by atoms with Gasteiger partial charge in [-0.3, -0.25) is 9.36 Å². The van der Waals surface area contributed by atoms with Crippen LogP contribution in [0.25, 0.3) is 10.2 Å². The number of sulfonamides is 1. The van der Waals surface area contributed by atoms with Crippen LogP contribution in [-0.2, 0) is 16.6 Å². The summed E-state index contributed by atoms with van der Waals surface area (Å²) >= 11 is 1.50. The van der Waals surface area contributed by atoms with Crippen molar-refractivity contribution >= 4 is 31.6 Å². The van der Waals surface area contributed by atoms with E-state index in [4.69, 9.17) is 0 Å². The Morgan fingerprint density at radius 2 is 2.00 bits per heavy atom. The van der Waals surface area contributed by atoms with Crippen LogP contribution < -0.4 is 10.3 Å². The molecular weight excluding hydrogens is 358 g/mol. The number of hydrogen-bond donors (Lipinski definition) is 1. The molecule has 0 spiro atoms. The molecule has 8 heteroatoms. The molecule has 1 atom stereocenters. The molecule has 1 N–H and O–H groups in total. The summed E-state index contributed by atoms with van der Waals surface area (Å²) in [7, 11) is -2.01. The largest absolute Gasteiger partial charge is 0.298 e. The Morgan fingerprint density at radius 3 is 2.68 bits per heavy atom. The van der Waals surface area contributed by atoms with Gasteiger partial charge in [0.1, 0.15) is 4.83 Å². The number of benzene rings is 1. The Balaban J connectivity index is 1.93. The lowest BCUT2D eigenvalue weighted by Gasteiger charge is -2.08. The molecule has 25 heavy (non-hydrogen) atoms. The van der Waals surface area contributed by atoms with Gasteiger partial charge in [0.25, 0.3) is 5.56 Å². The third-order valence-electron chi connectivity index (χ3n) is 4.18. The molecule has 2 heterocycles. The van der Waals surface area contributed by atoms with Crippen molar-refractivity contribution in [1.29, 1.82) is 0 Å². The molecule has 0 fully saturated rings. The second kappa shape index (κ2) is 7.07. The van der Waals surface area contributed by atoms with E-state index < -0.39 is 10.0 Å². The molecular formula is C17H19N3O3S2. The van der Waals surface area contributed by atoms with E-state index in [1.807, 2.05) is 24.3 Å². The lowest BCUT2D eigenvalue weighted by atomic mass is 10.00. The topological polar surface area (TPSA) is 81.1 Å². The Morgan fingerprint density at radius 1 is 1.28 bits per heavy atom. The zero-order chi connectivity index (χ0) is 18.0. The van der Waals surface area contributed by atoms with Crippen LogP contribution in [0.2, 0.25) is 0 Å². The highest BCUT2D eigenvalue weighted by Gasteiger charge is 2.16. The first-order valence-corrected chi connectivity index (χ1v) is 10.3. The molecule has 3 rings (SSSR count). The number of fused-ring (bicyclic) bond motifs is 1. The number of aryl methyl sites for hydroxylation is 1. The van der Waals surface area contributed by atoms with Gasteiger partial charge in [0, 0.05) is 17.3 Å². The summed E-state index contributed by atoms with van der Waals surface area (Å²) < 4.78 is 26.7. The summed E-state index contributed by atoms with van der Waals surface area (Å²) in [5, 5.41) is 0.534. The fourth-order valence-corrected chi connectivity index (χ4v) is 4.29. The average Bonchev–Trinajstić information content (AvgIpc) is 3.06. The summed E-state index contributed by atoms with van der Waals surface area (Å²) in [6.45, 7) is 2.17. The van der Waals surface area contributed by atoms with E-state index in [1.54, 1.807) is 0 Å². The standard InChI is InChI=1S/C17H19N3O3S2/c1-12(13-6-4-3-5-7-13)15-10-14-16(24-15)19-11-20(17(14)21)8-9-25(22,23)18-2/h3-7,10-12,18H,8-9H2,1-2H3. The zero-order valence-corrected chi connectivity index (χ0v) is 15.6. The van der Waals surface area contributed by atoms with Crippen LogP contribution in [0.15, 0.2) is 47.5 Å². The van der Waals surface area contributed by atoms with Crippen molar-refractivity contribution in [3.63, 3.8) is 0 Å². The number of nitrogens with one attached hydrogen (secondary N) is 1. The second-order valence-electron chi connectivity index (χ2n) is 5.77. The van der Waals surface area contributed by atoms with Crippen molar-refractivity contribution in [2.24, 2.45) is 0 Å². The van der Waals surface area contributed by atoms with Gasteiger partial charge in [0.2, 0.25) is 10.0 Å². The second-order valence-corrected chi connectivity index (χ2v) is 8.87. The number of thiophene rings is 1. The van der Waals surface area contributed by atoms with Crippen molar-refractivity contribution in [2.75, 3.05) is 12.8 Å². The third-order valence-corrected chi connectivity index (χ3v) is 6.74. The number of nitrogens with zero attached hydrogens (tertiary/aromatic N) is 2. The molecule has 0 bridgehead atoms. The molecule has 0 saturated heterocycles. The Kier molecular flexibility index (Phi) is 5.03. The minimum Gasteiger partial charge on any atom is -0.298 e. The number of rotatable bonds is 6. The van der Waals surface area contributed by atoms with Gasteiger partial charge < -0.3 is 0 Å². The molecule has 0 amide bonds. The Bertz CT molecular complexity index is 1040. The summed E-state index contributed by atoms with van der Waals surface area (Å²) in [6.07, 6.45) is 1.42. The number of aromatic nitrogens is 2. The minimum absolute atomic E-state index is 0.0738. The molecule has 1 unspecified atom stereocenters. The van der Waals surface area contributed by atoms with E-state index >= 15 is 0 Å². The fraction of sp³-hybridized carbons (Fsp3) is 0.294. The molecule has 0 radical (unpaired) electrons. The minimum atomic E-state index is -3.37. The van der Waals surface area contributed by atoms with Crippen molar-refractivity contribution in [3.05, 3.63) is 63.5 Å². The molecule has 132 valence electrons. The highest BCUT2D eigenvalue weighted by molar-refractivity contribution is 7.89. The Hall–Kier alpha value is -2.03. The summed E-state index contributed by atoms with van der Waals surface area (Å²) in [5.74, 6) is 0.00602. The molecule has 0 saturated carbocycles. The highest BCUT2D eigenvalue weighted by atomic mass is 32.2. The molecule has 1 aromatic carbocycles. The first-order chi connectivity index (χ1) is 11.9. The predicted octanol–water partition coefficient (Wildman–Crippen LogP) is 2.16. The van der Waals surface area contributed by atoms with Crippen molar-refractivity contribution in [3.8, 4) is 0 Å². The van der Waals surface area contributed by atoms with Crippen LogP contribution in [0, 0.1) is 0 Å². The summed E-state index contributed by atoms with van der Waals surface area (Å²) in [6, 6.07) is 11.9. The summed E-state index contributed by atoms with van der Waals surface area (Å²) in [4.78, 5) is 18.7. The first kappa shape index (κ1) is 17.8. The number of hydrogen-bond acceptors (Lipinski definition) is 5. The van der Waals surface area contributed by atoms with Crippen LogP contribution in [0.3, 0.4) is 0 Å². The van der Waals surface area contributed by atoms with Crippen LogP contribution in [0.5, 0.6) is 0 Å². The lowest BCUT2D eigenvalue weighted by Crippen LogP contribution is -2.28. The van der Waals surface area contributed by atoms with Gasteiger partial charge in [-0.15, -0.1) is 11.3 Å². The highest BCUT2D eigenvalue weighted by Crippen LogP contribution is 2.32. The maximum atomic E-state index is 12.6. The molecule has 3 aromatic rings. The van der Waals surface area contributed by atoms with Gasteiger partial charge in [-0.1, -0.05) is 37.3 Å². The molecule has 2 aromatic heterocycles. The van der Waals surface area contributed by atoms with Crippen LogP contribution in [-0.4, -0.2) is 30.8 Å². The van der Waals surface area contributed by atoms with Gasteiger partial charge >= 0.3 is 0 Å². The first-order valence-electron chi connectivity index (χ1n) is 7.86. The van der Waals surface area contributed by atoms with Crippen LogP contribution in [0.4, 0.5) is 0 Å². The average molecular weight is 377 g/mol. The smallest absolute Gasteiger partial charge is 0.262 e. The van der Waals surface area contributed by atoms with Crippen LogP contribution >= 0.6 is 11.3 Å². The van der Waals surface area contributed by atoms with E-state index in [0.29, 0.717) is 10.2 Å². The SMILES string of the molecule is CNS(=O)(=O)CCn1cnc2sc(C(C)c3ccccc3)cc2c1=O. The Labute approximate surface area is 150 Å². The molecule has 6 nitrogen and oxygen atoms in total. The van der Waals surface area contributed by atoms with E-state index in [9.17, 15) is 13.2 Å². The normalized spacial score (nSPS) is 13.2. The maximum absolute atomic E-state index is 12.6. The van der Waals surface area contributed by atoms with Gasteiger partial charge in [-0.2, -0.15) is 0 Å². The molecule has 0 aliphatic rings. The lowest BCUT2D eigenvalue weighted by molar-refractivity contribution is 0.579. The van der Waals surface area contributed by atoms with Crippen molar-refractivity contribution in [1.82, 2.24) is 14.3 Å². The van der Waals surface area contributed by atoms with Gasteiger partial charge in [-0.05, 0) is 18.7 Å². The van der Waals surface area contributed by atoms with E-state index in [-0.39, 0.29) is 23.8 Å². The molecule has 0 aliphatic heterocycles. The zero-order valence-electron chi connectivity index (χ0n) is 14.0. The van der Waals surface area contributed by atoms with E-state index in [0.717, 1.165) is 4.88 Å². The van der Waals surface area contributed by atoms with Gasteiger partial charge in [0.05, 0.1) is 17.5 Å². The van der Waals surface area contributed by atoms with Crippen molar-refractivity contribution in [2.45, 2.75) is 19.4 Å². The molecule has 0 aliphatic carbocycles. The fourth-order valence-electron chi connectivity index (χ4n) is 2.58. The van der Waals surface area contributed by atoms with E-state index in [2.05, 4.69) is 28.8 Å². The van der Waals surface area contributed by atoms with E-state index in [1.165, 1.54) is 34.8 Å². The van der Waals surface area contributed by atoms with Gasteiger partial charge in [-0.25, -0.2) is 18.1 Å². The monoisotopic (exact) mass is 377 g/mol. The predicted molar refractivity (Wildman–Crippen MR) is 101 cm³/mol. The van der Waals surface area contributed by atoms with Gasteiger partial charge in [0.15, 0.2) is 0 Å². The maximum Gasteiger partial charge on any atom is 0.262 e. The quantitative estimate of drug-likeness (QED) is 0.714. The van der Waals surface area contributed by atoms with Crippen molar-refractivity contribution < 1.29 is 8.42 Å².